The van der Waals surface area contributed by atoms with Gasteiger partial charge in [0.1, 0.15) is 10.8 Å². The highest BCUT2D eigenvalue weighted by Gasteiger charge is 2.11. The molecule has 2 rings (SSSR count). The minimum Gasteiger partial charge on any atom is -0.310 e. The molecular formula is C13H15BrFN3S. The van der Waals surface area contributed by atoms with E-state index in [1.165, 1.54) is 17.4 Å². The number of nitrogens with zero attached hydrogens (tertiary/aromatic N) is 2. The van der Waals surface area contributed by atoms with Crippen LogP contribution in [0.3, 0.4) is 0 Å². The second-order valence-corrected chi connectivity index (χ2v) is 6.63. The molecule has 0 radical (unpaired) electrons. The summed E-state index contributed by atoms with van der Waals surface area (Å²) < 4.78 is 14.5. The van der Waals surface area contributed by atoms with Crippen molar-refractivity contribution in [2.75, 3.05) is 6.54 Å². The Labute approximate surface area is 124 Å². The summed E-state index contributed by atoms with van der Waals surface area (Å²) in [4.78, 5) is 0. The zero-order chi connectivity index (χ0) is 13.8. The topological polar surface area (TPSA) is 37.8 Å². The van der Waals surface area contributed by atoms with Gasteiger partial charge in [0.25, 0.3) is 0 Å². The van der Waals surface area contributed by atoms with Crippen molar-refractivity contribution in [3.63, 3.8) is 0 Å². The molecule has 0 aliphatic heterocycles. The maximum Gasteiger partial charge on any atom is 0.150 e. The van der Waals surface area contributed by atoms with Crippen LogP contribution in [-0.2, 0) is 6.54 Å². The fourth-order valence-electron chi connectivity index (χ4n) is 1.56. The third kappa shape index (κ3) is 4.06. The lowest BCUT2D eigenvalue weighted by atomic mass is 10.2. The van der Waals surface area contributed by atoms with Crippen molar-refractivity contribution in [3.8, 4) is 10.6 Å². The van der Waals surface area contributed by atoms with Crippen LogP contribution < -0.4 is 5.32 Å². The molecule has 19 heavy (non-hydrogen) atoms. The van der Waals surface area contributed by atoms with E-state index < -0.39 is 0 Å². The van der Waals surface area contributed by atoms with E-state index in [4.69, 9.17) is 0 Å². The lowest BCUT2D eigenvalue weighted by Gasteiger charge is -2.04. The molecule has 0 atom stereocenters. The molecule has 6 heteroatoms. The van der Waals surface area contributed by atoms with E-state index in [0.717, 1.165) is 16.0 Å². The zero-order valence-corrected chi connectivity index (χ0v) is 13.2. The lowest BCUT2D eigenvalue weighted by molar-refractivity contribution is 0.550. The first kappa shape index (κ1) is 14.6. The van der Waals surface area contributed by atoms with Crippen LogP contribution in [0, 0.1) is 11.7 Å². The molecule has 0 saturated carbocycles. The molecule has 1 aromatic heterocycles. The number of aromatic nitrogens is 2. The SMILES string of the molecule is CC(C)CNCc1nnc(-c2ccc(Br)cc2F)s1. The highest BCUT2D eigenvalue weighted by molar-refractivity contribution is 9.10. The summed E-state index contributed by atoms with van der Waals surface area (Å²) in [5.41, 5.74) is 0.496. The van der Waals surface area contributed by atoms with Crippen LogP contribution in [0.5, 0.6) is 0 Å². The van der Waals surface area contributed by atoms with E-state index in [9.17, 15) is 4.39 Å². The van der Waals surface area contributed by atoms with Gasteiger partial charge in [-0.2, -0.15) is 0 Å². The Morgan fingerprint density at radius 2 is 2.16 bits per heavy atom. The van der Waals surface area contributed by atoms with Crippen LogP contribution in [0.15, 0.2) is 22.7 Å². The van der Waals surface area contributed by atoms with Crippen LogP contribution in [0.4, 0.5) is 4.39 Å². The largest absolute Gasteiger partial charge is 0.310 e. The lowest BCUT2D eigenvalue weighted by Crippen LogP contribution is -2.18. The number of halogens is 2. The number of nitrogens with one attached hydrogen (secondary N) is 1. The molecular weight excluding hydrogens is 329 g/mol. The quantitative estimate of drug-likeness (QED) is 0.895. The first-order valence-corrected chi connectivity index (χ1v) is 7.65. The van der Waals surface area contributed by atoms with Crippen molar-refractivity contribution in [2.24, 2.45) is 5.92 Å². The van der Waals surface area contributed by atoms with Gasteiger partial charge in [-0.1, -0.05) is 41.1 Å². The zero-order valence-electron chi connectivity index (χ0n) is 10.8. The monoisotopic (exact) mass is 343 g/mol. The fourth-order valence-corrected chi connectivity index (χ4v) is 2.73. The minimum atomic E-state index is -0.285. The summed E-state index contributed by atoms with van der Waals surface area (Å²) in [7, 11) is 0. The molecule has 1 aromatic carbocycles. The van der Waals surface area contributed by atoms with Gasteiger partial charge in [0.05, 0.1) is 0 Å². The predicted molar refractivity (Wildman–Crippen MR) is 79.5 cm³/mol. The molecule has 0 spiro atoms. The molecule has 1 N–H and O–H groups in total. The van der Waals surface area contributed by atoms with Gasteiger partial charge in [0, 0.05) is 16.6 Å². The van der Waals surface area contributed by atoms with E-state index in [1.807, 2.05) is 0 Å². The number of hydrogen-bond donors (Lipinski definition) is 1. The summed E-state index contributed by atoms with van der Waals surface area (Å²) in [6, 6.07) is 4.95. The molecule has 0 saturated heterocycles. The third-order valence-corrected chi connectivity index (χ3v) is 3.91. The highest BCUT2D eigenvalue weighted by atomic mass is 79.9. The van der Waals surface area contributed by atoms with Gasteiger partial charge in [0.15, 0.2) is 5.01 Å². The summed E-state index contributed by atoms with van der Waals surface area (Å²) in [6.45, 7) is 5.90. The van der Waals surface area contributed by atoms with Gasteiger partial charge < -0.3 is 5.32 Å². The van der Waals surface area contributed by atoms with Gasteiger partial charge in [-0.3, -0.25) is 0 Å². The van der Waals surface area contributed by atoms with E-state index in [0.29, 0.717) is 23.0 Å². The smallest absolute Gasteiger partial charge is 0.150 e. The second kappa shape index (κ2) is 6.54. The van der Waals surface area contributed by atoms with E-state index >= 15 is 0 Å². The second-order valence-electron chi connectivity index (χ2n) is 4.65. The number of benzene rings is 1. The Balaban J connectivity index is 2.08. The summed E-state index contributed by atoms with van der Waals surface area (Å²) in [5, 5.41) is 12.9. The highest BCUT2D eigenvalue weighted by Crippen LogP contribution is 2.27. The Bertz CT molecular complexity index is 557. The van der Waals surface area contributed by atoms with Gasteiger partial charge in [0.2, 0.25) is 0 Å². The van der Waals surface area contributed by atoms with Crippen molar-refractivity contribution in [2.45, 2.75) is 20.4 Å². The van der Waals surface area contributed by atoms with Crippen molar-refractivity contribution < 1.29 is 4.39 Å². The number of hydrogen-bond acceptors (Lipinski definition) is 4. The Morgan fingerprint density at radius 1 is 1.37 bits per heavy atom. The molecule has 0 unspecified atom stereocenters. The molecule has 0 aliphatic rings. The van der Waals surface area contributed by atoms with Crippen LogP contribution >= 0.6 is 27.3 Å². The molecule has 0 aliphatic carbocycles. The minimum absolute atomic E-state index is 0.285. The standard InChI is InChI=1S/C13H15BrFN3S/c1-8(2)6-16-7-12-17-18-13(19-12)10-4-3-9(14)5-11(10)15/h3-5,8,16H,6-7H2,1-2H3. The summed E-state index contributed by atoms with van der Waals surface area (Å²) in [5.74, 6) is 0.309. The molecule has 0 bridgehead atoms. The third-order valence-electron chi connectivity index (χ3n) is 2.46. The van der Waals surface area contributed by atoms with E-state index in [-0.39, 0.29) is 5.82 Å². The van der Waals surface area contributed by atoms with Crippen molar-refractivity contribution in [1.82, 2.24) is 15.5 Å². The van der Waals surface area contributed by atoms with Gasteiger partial charge in [-0.25, -0.2) is 4.39 Å². The van der Waals surface area contributed by atoms with Crippen LogP contribution in [-0.4, -0.2) is 16.7 Å². The van der Waals surface area contributed by atoms with Gasteiger partial charge >= 0.3 is 0 Å². The molecule has 1 heterocycles. The van der Waals surface area contributed by atoms with Gasteiger partial charge in [-0.05, 0) is 30.7 Å². The Kier molecular flexibility index (Phi) is 5.01. The molecule has 0 amide bonds. The molecule has 3 nitrogen and oxygen atoms in total. The average molecular weight is 344 g/mol. The van der Waals surface area contributed by atoms with Crippen LogP contribution in [0.1, 0.15) is 18.9 Å². The molecule has 102 valence electrons. The average Bonchev–Trinajstić information content (AvgIpc) is 2.77. The van der Waals surface area contributed by atoms with Crippen molar-refractivity contribution >= 4 is 27.3 Å². The van der Waals surface area contributed by atoms with Crippen LogP contribution in [0.25, 0.3) is 10.6 Å². The summed E-state index contributed by atoms with van der Waals surface area (Å²) >= 11 is 4.66. The van der Waals surface area contributed by atoms with Crippen molar-refractivity contribution in [1.29, 1.82) is 0 Å². The maximum atomic E-state index is 13.8. The molecule has 0 fully saturated rings. The first-order valence-electron chi connectivity index (χ1n) is 6.05. The first-order chi connectivity index (χ1) is 9.06. The van der Waals surface area contributed by atoms with Gasteiger partial charge in [-0.15, -0.1) is 10.2 Å². The fraction of sp³-hybridized carbons (Fsp3) is 0.385. The normalized spacial score (nSPS) is 11.2. The van der Waals surface area contributed by atoms with E-state index in [1.54, 1.807) is 12.1 Å². The summed E-state index contributed by atoms with van der Waals surface area (Å²) in [6.07, 6.45) is 0. The Morgan fingerprint density at radius 3 is 2.84 bits per heavy atom. The van der Waals surface area contributed by atoms with Crippen molar-refractivity contribution in [3.05, 3.63) is 33.5 Å². The van der Waals surface area contributed by atoms with Crippen LogP contribution in [0.2, 0.25) is 0 Å². The maximum absolute atomic E-state index is 13.8. The predicted octanol–water partition coefficient (Wildman–Crippen LogP) is 3.85. The number of rotatable bonds is 5. The Hall–Kier alpha value is -0.850. The molecule has 2 aromatic rings. The van der Waals surface area contributed by atoms with E-state index in [2.05, 4.69) is 45.3 Å².